The van der Waals surface area contributed by atoms with Gasteiger partial charge < -0.3 is 0 Å². The Hall–Kier alpha value is -1.51. The first-order valence-electron chi connectivity index (χ1n) is 9.45. The van der Waals surface area contributed by atoms with Crippen molar-refractivity contribution < 1.29 is 14.6 Å². The van der Waals surface area contributed by atoms with E-state index in [0.29, 0.717) is 0 Å². The van der Waals surface area contributed by atoms with Crippen LogP contribution < -0.4 is 0 Å². The van der Waals surface area contributed by atoms with E-state index in [2.05, 4.69) is 12.7 Å². The van der Waals surface area contributed by atoms with Gasteiger partial charge >= 0.3 is 6.18 Å². The van der Waals surface area contributed by atoms with Crippen LogP contribution in [0.4, 0.5) is 13.2 Å². The van der Waals surface area contributed by atoms with Gasteiger partial charge in [-0.05, 0) is 92.4 Å². The van der Waals surface area contributed by atoms with Crippen molar-refractivity contribution in [3.05, 3.63) is 54.1 Å². The van der Waals surface area contributed by atoms with E-state index in [1.807, 2.05) is 6.08 Å². The largest absolute Gasteiger partial charge is 0.416 e. The first-order chi connectivity index (χ1) is 12.0. The van der Waals surface area contributed by atoms with Gasteiger partial charge in [-0.3, -0.25) is 0 Å². The molecule has 0 heterocycles. The summed E-state index contributed by atoms with van der Waals surface area (Å²) in [4.78, 5) is 0. The van der Waals surface area contributed by atoms with Crippen molar-refractivity contribution in [3.8, 4) is 0 Å². The summed E-state index contributed by atoms with van der Waals surface area (Å²) >= 11 is 0. The molecule has 0 saturated heterocycles. The Balaban J connectivity index is 0.00000182. The molecule has 1 fully saturated rings. The zero-order valence-corrected chi connectivity index (χ0v) is 14.7. The van der Waals surface area contributed by atoms with Crippen LogP contribution >= 0.6 is 0 Å². The van der Waals surface area contributed by atoms with Crippen molar-refractivity contribution in [2.75, 3.05) is 0 Å². The normalized spacial score (nSPS) is 26.6. The zero-order chi connectivity index (χ0) is 17.9. The van der Waals surface area contributed by atoms with Crippen molar-refractivity contribution in [1.82, 2.24) is 0 Å². The number of allylic oxidation sites excluding steroid dienone is 3. The number of rotatable bonds is 4. The first-order valence-corrected chi connectivity index (χ1v) is 9.45. The molecule has 1 unspecified atom stereocenters. The molecular weight excluding hydrogens is 333 g/mol. The van der Waals surface area contributed by atoms with Gasteiger partial charge in [0.25, 0.3) is 0 Å². The predicted octanol–water partition coefficient (Wildman–Crippen LogP) is 8.15. The van der Waals surface area contributed by atoms with Crippen LogP contribution in [0.1, 0.15) is 71.3 Å². The molecule has 0 N–H and O–H groups in total. The van der Waals surface area contributed by atoms with Crippen LogP contribution in [0.25, 0.3) is 5.57 Å². The lowest BCUT2D eigenvalue weighted by molar-refractivity contribution is -0.137. The van der Waals surface area contributed by atoms with Crippen LogP contribution in [0.5, 0.6) is 0 Å². The first kappa shape index (κ1) is 20.8. The van der Waals surface area contributed by atoms with Crippen LogP contribution in [0.3, 0.4) is 0 Å². The topological polar surface area (TPSA) is 0 Å². The summed E-state index contributed by atoms with van der Waals surface area (Å²) in [5, 5.41) is 0. The molecule has 0 amide bonds. The third-order valence-electron chi connectivity index (χ3n) is 6.09. The highest BCUT2D eigenvalue weighted by molar-refractivity contribution is 5.66. The number of alkyl halides is 3. The maximum atomic E-state index is 12.7. The molecule has 1 atom stereocenters. The Morgan fingerprint density at radius 1 is 1.00 bits per heavy atom. The lowest BCUT2D eigenvalue weighted by atomic mass is 9.70. The Labute approximate surface area is 157 Å². The summed E-state index contributed by atoms with van der Waals surface area (Å²) in [6.45, 7) is 3.85. The second-order valence-electron chi connectivity index (χ2n) is 7.64. The third-order valence-corrected chi connectivity index (χ3v) is 6.09. The van der Waals surface area contributed by atoms with Gasteiger partial charge in [-0.1, -0.05) is 31.7 Å². The second kappa shape index (κ2) is 8.92. The van der Waals surface area contributed by atoms with E-state index >= 15 is 0 Å². The standard InChI is InChI=1S/C22H27F3.CH4.H2/c1-2-3-16-4-6-17(7-5-16)18-8-10-19(11-9-18)20-12-14-21(15-13-20)22(23,24)25;;/h2,10,12-18H,1,3-9,11H2;1H4;1H. The molecular formula is C23H33F3. The molecule has 146 valence electrons. The highest BCUT2D eigenvalue weighted by Gasteiger charge is 2.31. The minimum absolute atomic E-state index is 0. The molecule has 0 bridgehead atoms. The average Bonchev–Trinajstić information content (AvgIpc) is 2.62. The van der Waals surface area contributed by atoms with Crippen LogP contribution in [0, 0.1) is 17.8 Å². The monoisotopic (exact) mass is 366 g/mol. The number of halogens is 3. The quantitative estimate of drug-likeness (QED) is 0.472. The van der Waals surface area contributed by atoms with E-state index in [0.717, 1.165) is 42.6 Å². The molecule has 1 aromatic rings. The molecule has 0 radical (unpaired) electrons. The second-order valence-corrected chi connectivity index (χ2v) is 7.64. The van der Waals surface area contributed by atoms with Gasteiger partial charge in [-0.2, -0.15) is 13.2 Å². The summed E-state index contributed by atoms with van der Waals surface area (Å²) in [5.41, 5.74) is 1.59. The summed E-state index contributed by atoms with van der Waals surface area (Å²) < 4.78 is 38.0. The van der Waals surface area contributed by atoms with E-state index in [1.165, 1.54) is 49.8 Å². The van der Waals surface area contributed by atoms with Gasteiger partial charge in [0, 0.05) is 1.43 Å². The average molecular weight is 367 g/mol. The predicted molar refractivity (Wildman–Crippen MR) is 106 cm³/mol. The maximum Gasteiger partial charge on any atom is 0.416 e. The molecule has 0 nitrogen and oxygen atoms in total. The van der Waals surface area contributed by atoms with Gasteiger partial charge in [0.1, 0.15) is 0 Å². The Kier molecular flexibility index (Phi) is 7.14. The van der Waals surface area contributed by atoms with Crippen molar-refractivity contribution >= 4 is 5.57 Å². The zero-order valence-electron chi connectivity index (χ0n) is 14.7. The van der Waals surface area contributed by atoms with Gasteiger partial charge in [0.15, 0.2) is 0 Å². The minimum atomic E-state index is -4.25. The van der Waals surface area contributed by atoms with Crippen molar-refractivity contribution in [2.45, 2.75) is 65.0 Å². The van der Waals surface area contributed by atoms with Crippen molar-refractivity contribution in [1.29, 1.82) is 0 Å². The third kappa shape index (κ3) is 5.02. The summed E-state index contributed by atoms with van der Waals surface area (Å²) in [5.74, 6) is 2.41. The van der Waals surface area contributed by atoms with Gasteiger partial charge in [-0.25, -0.2) is 0 Å². The SMILES string of the molecule is C.C=CCC1CCC(C2CC=C(c3ccc(C(F)(F)F)cc3)CC2)CC1.[HH]. The molecule has 0 spiro atoms. The summed E-state index contributed by atoms with van der Waals surface area (Å²) in [6, 6.07) is 5.64. The van der Waals surface area contributed by atoms with Gasteiger partial charge in [-0.15, -0.1) is 6.58 Å². The number of hydrogen-bond acceptors (Lipinski definition) is 0. The van der Waals surface area contributed by atoms with E-state index in [1.54, 1.807) is 12.1 Å². The highest BCUT2D eigenvalue weighted by Crippen LogP contribution is 2.42. The van der Waals surface area contributed by atoms with Gasteiger partial charge in [0.2, 0.25) is 0 Å². The molecule has 3 heteroatoms. The molecule has 2 aliphatic carbocycles. The molecule has 1 aromatic carbocycles. The van der Waals surface area contributed by atoms with E-state index < -0.39 is 11.7 Å². The van der Waals surface area contributed by atoms with Crippen LogP contribution in [-0.4, -0.2) is 0 Å². The Bertz CT molecular complexity index is 608. The number of benzene rings is 1. The summed E-state index contributed by atoms with van der Waals surface area (Å²) in [7, 11) is 0. The lowest BCUT2D eigenvalue weighted by Crippen LogP contribution is -2.23. The summed E-state index contributed by atoms with van der Waals surface area (Å²) in [6.07, 6.45) is 9.74. The van der Waals surface area contributed by atoms with E-state index in [9.17, 15) is 13.2 Å². The molecule has 2 aliphatic rings. The lowest BCUT2D eigenvalue weighted by Gasteiger charge is -2.35. The van der Waals surface area contributed by atoms with Crippen molar-refractivity contribution in [3.63, 3.8) is 0 Å². The van der Waals surface area contributed by atoms with E-state index in [-0.39, 0.29) is 8.85 Å². The van der Waals surface area contributed by atoms with Crippen LogP contribution in [0.15, 0.2) is 43.0 Å². The van der Waals surface area contributed by atoms with Crippen LogP contribution in [-0.2, 0) is 6.18 Å². The Morgan fingerprint density at radius 3 is 2.15 bits per heavy atom. The highest BCUT2D eigenvalue weighted by atomic mass is 19.4. The fourth-order valence-electron chi connectivity index (χ4n) is 4.55. The molecule has 0 aromatic heterocycles. The molecule has 3 rings (SSSR count). The fraction of sp³-hybridized carbons (Fsp3) is 0.565. The smallest absolute Gasteiger partial charge is 0.166 e. The van der Waals surface area contributed by atoms with Gasteiger partial charge in [0.05, 0.1) is 5.56 Å². The maximum absolute atomic E-state index is 12.7. The van der Waals surface area contributed by atoms with Crippen molar-refractivity contribution in [2.24, 2.45) is 17.8 Å². The van der Waals surface area contributed by atoms with E-state index in [4.69, 9.17) is 0 Å². The van der Waals surface area contributed by atoms with Crippen LogP contribution in [0.2, 0.25) is 0 Å². The fourth-order valence-corrected chi connectivity index (χ4v) is 4.55. The molecule has 1 saturated carbocycles. The number of hydrogen-bond donors (Lipinski definition) is 0. The molecule has 26 heavy (non-hydrogen) atoms. The molecule has 0 aliphatic heterocycles. The Morgan fingerprint density at radius 2 is 1.65 bits per heavy atom. The minimum Gasteiger partial charge on any atom is -0.166 e.